The van der Waals surface area contributed by atoms with E-state index in [2.05, 4.69) is 73.1 Å². The molecule has 0 amide bonds. The SMILES string of the molecule is Cc1ccc(-n2ncc3c2C=C2CC[C@]4(OC[C@@H](c5ccccc5)O4)[C@@]2(C)C3)cc1. The molecule has 152 valence electrons. The lowest BCUT2D eigenvalue weighted by Crippen LogP contribution is -2.46. The summed E-state index contributed by atoms with van der Waals surface area (Å²) < 4.78 is 15.2. The van der Waals surface area contributed by atoms with Crippen LogP contribution in [0.3, 0.4) is 0 Å². The van der Waals surface area contributed by atoms with E-state index in [1.54, 1.807) is 0 Å². The van der Waals surface area contributed by atoms with Crippen molar-refractivity contribution in [3.05, 3.63) is 88.8 Å². The van der Waals surface area contributed by atoms with Gasteiger partial charge in [0.25, 0.3) is 0 Å². The molecule has 3 atom stereocenters. The molecule has 1 saturated carbocycles. The summed E-state index contributed by atoms with van der Waals surface area (Å²) in [4.78, 5) is 0. The van der Waals surface area contributed by atoms with E-state index in [4.69, 9.17) is 14.6 Å². The first kappa shape index (κ1) is 18.1. The molecule has 2 aliphatic carbocycles. The second-order valence-corrected chi connectivity index (χ2v) is 9.06. The number of ether oxygens (including phenoxy) is 2. The second-order valence-electron chi connectivity index (χ2n) is 9.06. The smallest absolute Gasteiger partial charge is 0.178 e. The quantitative estimate of drug-likeness (QED) is 0.579. The summed E-state index contributed by atoms with van der Waals surface area (Å²) in [6.07, 6.45) is 7.14. The Kier molecular flexibility index (Phi) is 3.86. The zero-order chi connectivity index (χ0) is 20.3. The highest BCUT2D eigenvalue weighted by Gasteiger charge is 2.61. The Morgan fingerprint density at radius 2 is 1.87 bits per heavy atom. The summed E-state index contributed by atoms with van der Waals surface area (Å²) in [5.74, 6) is -0.553. The number of benzene rings is 2. The predicted molar refractivity (Wildman–Crippen MR) is 116 cm³/mol. The molecule has 1 aromatic heterocycles. The minimum atomic E-state index is -0.553. The molecule has 30 heavy (non-hydrogen) atoms. The van der Waals surface area contributed by atoms with Gasteiger partial charge >= 0.3 is 0 Å². The minimum absolute atomic E-state index is 0.000876. The summed E-state index contributed by atoms with van der Waals surface area (Å²) in [7, 11) is 0. The maximum Gasteiger partial charge on any atom is 0.178 e. The fourth-order valence-electron chi connectivity index (χ4n) is 5.46. The maximum atomic E-state index is 6.70. The molecule has 0 radical (unpaired) electrons. The molecular weight excluding hydrogens is 372 g/mol. The highest BCUT2D eigenvalue weighted by atomic mass is 16.7. The van der Waals surface area contributed by atoms with Crippen LogP contribution in [-0.2, 0) is 15.9 Å². The van der Waals surface area contributed by atoms with Crippen molar-refractivity contribution in [2.24, 2.45) is 5.41 Å². The molecule has 0 bridgehead atoms. The van der Waals surface area contributed by atoms with Crippen molar-refractivity contribution in [2.45, 2.75) is 45.0 Å². The van der Waals surface area contributed by atoms with Crippen LogP contribution in [0.1, 0.15) is 48.3 Å². The van der Waals surface area contributed by atoms with Crippen molar-refractivity contribution in [1.82, 2.24) is 9.78 Å². The van der Waals surface area contributed by atoms with Gasteiger partial charge < -0.3 is 9.47 Å². The Balaban J connectivity index is 1.35. The van der Waals surface area contributed by atoms with E-state index in [0.717, 1.165) is 24.9 Å². The highest BCUT2D eigenvalue weighted by molar-refractivity contribution is 5.62. The minimum Gasteiger partial charge on any atom is -0.346 e. The monoisotopic (exact) mass is 398 g/mol. The first-order valence-electron chi connectivity index (χ1n) is 10.8. The Morgan fingerprint density at radius 3 is 2.67 bits per heavy atom. The molecule has 1 aliphatic heterocycles. The van der Waals surface area contributed by atoms with Crippen LogP contribution < -0.4 is 0 Å². The Bertz CT molecular complexity index is 1130. The lowest BCUT2D eigenvalue weighted by atomic mass is 9.72. The number of nitrogens with zero attached hydrogens (tertiary/aromatic N) is 2. The van der Waals surface area contributed by atoms with E-state index in [-0.39, 0.29) is 11.5 Å². The maximum absolute atomic E-state index is 6.70. The van der Waals surface area contributed by atoms with Crippen molar-refractivity contribution in [2.75, 3.05) is 6.61 Å². The van der Waals surface area contributed by atoms with E-state index in [1.807, 2.05) is 12.3 Å². The van der Waals surface area contributed by atoms with E-state index in [1.165, 1.54) is 28.0 Å². The zero-order valence-corrected chi connectivity index (χ0v) is 17.5. The van der Waals surface area contributed by atoms with Gasteiger partial charge in [-0.15, -0.1) is 0 Å². The third-order valence-electron chi connectivity index (χ3n) is 7.26. The second kappa shape index (κ2) is 6.40. The molecule has 2 fully saturated rings. The molecule has 3 aromatic rings. The van der Waals surface area contributed by atoms with Crippen LogP contribution >= 0.6 is 0 Å². The normalized spacial score (nSPS) is 29.7. The van der Waals surface area contributed by atoms with Crippen molar-refractivity contribution in [3.8, 4) is 5.69 Å². The first-order chi connectivity index (χ1) is 14.6. The molecule has 3 aliphatic rings. The van der Waals surface area contributed by atoms with Gasteiger partial charge in [0.05, 0.1) is 24.2 Å². The van der Waals surface area contributed by atoms with Gasteiger partial charge in [0.15, 0.2) is 5.79 Å². The topological polar surface area (TPSA) is 36.3 Å². The first-order valence-corrected chi connectivity index (χ1v) is 10.8. The van der Waals surface area contributed by atoms with Crippen LogP contribution in [0.25, 0.3) is 11.8 Å². The van der Waals surface area contributed by atoms with E-state index in [0.29, 0.717) is 6.61 Å². The molecule has 1 saturated heterocycles. The molecule has 4 heteroatoms. The largest absolute Gasteiger partial charge is 0.346 e. The van der Waals surface area contributed by atoms with Crippen molar-refractivity contribution < 1.29 is 9.47 Å². The third-order valence-corrected chi connectivity index (χ3v) is 7.26. The summed E-state index contributed by atoms with van der Waals surface area (Å²) >= 11 is 0. The standard InChI is InChI=1S/C26H26N2O2/c1-18-8-10-22(11-9-18)28-23-14-21-12-13-26(25(21,2)15-20(23)16-27-28)29-17-24(30-26)19-6-4-3-5-7-19/h3-11,14,16,24H,12-13,15,17H2,1-2H3/t24-,25-,26+/m0/s1. The van der Waals surface area contributed by atoms with Crippen LogP contribution in [0.15, 0.2) is 66.4 Å². The van der Waals surface area contributed by atoms with Gasteiger partial charge in [-0.3, -0.25) is 0 Å². The zero-order valence-electron chi connectivity index (χ0n) is 17.5. The van der Waals surface area contributed by atoms with Gasteiger partial charge in [0.2, 0.25) is 0 Å². The molecule has 0 unspecified atom stereocenters. The fraction of sp³-hybridized carbons (Fsp3) is 0.346. The highest BCUT2D eigenvalue weighted by Crippen LogP contribution is 2.60. The fourth-order valence-corrected chi connectivity index (χ4v) is 5.46. The van der Waals surface area contributed by atoms with Crippen molar-refractivity contribution >= 4 is 6.08 Å². The summed E-state index contributed by atoms with van der Waals surface area (Å²) in [6, 6.07) is 19.0. The molecule has 2 heterocycles. The lowest BCUT2D eigenvalue weighted by Gasteiger charge is -2.41. The van der Waals surface area contributed by atoms with Crippen LogP contribution in [0.5, 0.6) is 0 Å². The number of fused-ring (bicyclic) bond motifs is 3. The Hall–Kier alpha value is -2.69. The van der Waals surface area contributed by atoms with Gasteiger partial charge in [-0.25, -0.2) is 4.68 Å². The number of hydrogen-bond donors (Lipinski definition) is 0. The van der Waals surface area contributed by atoms with Gasteiger partial charge in [-0.05, 0) is 49.1 Å². The van der Waals surface area contributed by atoms with Crippen LogP contribution in [0.2, 0.25) is 0 Å². The average molecular weight is 399 g/mol. The van der Waals surface area contributed by atoms with E-state index >= 15 is 0 Å². The Morgan fingerprint density at radius 1 is 1.07 bits per heavy atom. The number of aromatic nitrogens is 2. The van der Waals surface area contributed by atoms with E-state index in [9.17, 15) is 0 Å². The molecule has 2 aromatic carbocycles. The number of aryl methyl sites for hydroxylation is 1. The van der Waals surface area contributed by atoms with Gasteiger partial charge in [0.1, 0.15) is 6.10 Å². The molecule has 6 rings (SSSR count). The van der Waals surface area contributed by atoms with Gasteiger partial charge in [0, 0.05) is 11.8 Å². The van der Waals surface area contributed by atoms with Crippen LogP contribution in [0, 0.1) is 12.3 Å². The summed E-state index contributed by atoms with van der Waals surface area (Å²) in [6.45, 7) is 5.03. The van der Waals surface area contributed by atoms with Gasteiger partial charge in [-0.1, -0.05) is 60.5 Å². The average Bonchev–Trinajstić information content (AvgIpc) is 3.45. The summed E-state index contributed by atoms with van der Waals surface area (Å²) in [5.41, 5.74) is 7.26. The van der Waals surface area contributed by atoms with Crippen LogP contribution in [0.4, 0.5) is 0 Å². The third kappa shape index (κ3) is 2.50. The van der Waals surface area contributed by atoms with Crippen molar-refractivity contribution in [1.29, 1.82) is 0 Å². The lowest BCUT2D eigenvalue weighted by molar-refractivity contribution is -0.218. The number of rotatable bonds is 2. The van der Waals surface area contributed by atoms with Crippen LogP contribution in [-0.4, -0.2) is 22.2 Å². The molecule has 1 spiro atoms. The number of hydrogen-bond acceptors (Lipinski definition) is 3. The van der Waals surface area contributed by atoms with E-state index < -0.39 is 5.79 Å². The van der Waals surface area contributed by atoms with Crippen molar-refractivity contribution in [3.63, 3.8) is 0 Å². The van der Waals surface area contributed by atoms with Gasteiger partial charge in [-0.2, -0.15) is 5.10 Å². The predicted octanol–water partition coefficient (Wildman–Crippen LogP) is 5.40. The molecular formula is C26H26N2O2. The summed E-state index contributed by atoms with van der Waals surface area (Å²) in [5, 5.41) is 4.72. The molecule has 4 nitrogen and oxygen atoms in total. The molecule has 0 N–H and O–H groups in total. The Labute approximate surface area is 177 Å².